The Morgan fingerprint density at radius 1 is 1.32 bits per heavy atom. The number of hydrogen-bond acceptors (Lipinski definition) is 2. The molecule has 0 unspecified atom stereocenters. The molecule has 1 amide bonds. The summed E-state index contributed by atoms with van der Waals surface area (Å²) in [5, 5.41) is 3.93. The monoisotopic (exact) mass is 276 g/mol. The Hall–Kier alpha value is -1.61. The highest BCUT2D eigenvalue weighted by Crippen LogP contribution is 2.23. The van der Waals surface area contributed by atoms with Gasteiger partial charge < -0.3 is 5.32 Å². The number of nitrogens with one attached hydrogen (secondary N) is 1. The van der Waals surface area contributed by atoms with Crippen LogP contribution in [0.15, 0.2) is 30.3 Å². The van der Waals surface area contributed by atoms with Crippen molar-refractivity contribution in [3.63, 3.8) is 0 Å². The highest BCUT2D eigenvalue weighted by atomic mass is 35.5. The van der Waals surface area contributed by atoms with Crippen LogP contribution in [-0.4, -0.2) is 16.8 Å². The van der Waals surface area contributed by atoms with E-state index < -0.39 is 0 Å². The van der Waals surface area contributed by atoms with E-state index in [1.807, 2.05) is 37.3 Å². The fourth-order valence-corrected chi connectivity index (χ4v) is 2.19. The van der Waals surface area contributed by atoms with Gasteiger partial charge in [-0.2, -0.15) is 0 Å². The maximum absolute atomic E-state index is 11.9. The zero-order valence-electron chi connectivity index (χ0n) is 10.9. The summed E-state index contributed by atoms with van der Waals surface area (Å²) in [6, 6.07) is 9.72. The fourth-order valence-electron chi connectivity index (χ4n) is 2.00. The molecule has 0 fully saturated rings. The number of hydrogen-bond donors (Lipinski definition) is 1. The van der Waals surface area contributed by atoms with Crippen molar-refractivity contribution >= 4 is 34.1 Å². The summed E-state index contributed by atoms with van der Waals surface area (Å²) >= 11 is 5.60. The van der Waals surface area contributed by atoms with Crippen molar-refractivity contribution in [2.24, 2.45) is 0 Å². The van der Waals surface area contributed by atoms with Crippen molar-refractivity contribution < 1.29 is 4.79 Å². The normalized spacial score (nSPS) is 10.6. The third-order valence-electron chi connectivity index (χ3n) is 2.91. The summed E-state index contributed by atoms with van der Waals surface area (Å²) in [6.45, 7) is 1.93. The quantitative estimate of drug-likeness (QED) is 0.665. The number of halogens is 1. The van der Waals surface area contributed by atoms with Gasteiger partial charge in [-0.1, -0.05) is 18.2 Å². The predicted molar refractivity (Wildman–Crippen MR) is 79.7 cm³/mol. The number of carbonyl (C=O) groups is 1. The van der Waals surface area contributed by atoms with Crippen molar-refractivity contribution in [2.45, 2.75) is 26.2 Å². The molecule has 0 atom stereocenters. The number of aryl methyl sites for hydroxylation is 1. The minimum Gasteiger partial charge on any atom is -0.325 e. The van der Waals surface area contributed by atoms with Gasteiger partial charge in [0.1, 0.15) is 0 Å². The molecule has 0 aliphatic rings. The van der Waals surface area contributed by atoms with Crippen LogP contribution in [0.3, 0.4) is 0 Å². The summed E-state index contributed by atoms with van der Waals surface area (Å²) in [5.41, 5.74) is 2.63. The van der Waals surface area contributed by atoms with E-state index in [1.165, 1.54) is 0 Å². The Morgan fingerprint density at radius 3 is 2.89 bits per heavy atom. The molecule has 1 aromatic carbocycles. The Labute approximate surface area is 118 Å². The van der Waals surface area contributed by atoms with Gasteiger partial charge in [-0.15, -0.1) is 11.6 Å². The van der Waals surface area contributed by atoms with Gasteiger partial charge in [-0.25, -0.2) is 0 Å². The molecule has 4 heteroatoms. The first-order chi connectivity index (χ1) is 9.20. The van der Waals surface area contributed by atoms with E-state index in [9.17, 15) is 4.79 Å². The summed E-state index contributed by atoms with van der Waals surface area (Å²) < 4.78 is 0. The molecule has 0 aliphatic heterocycles. The van der Waals surface area contributed by atoms with Gasteiger partial charge in [0, 0.05) is 23.4 Å². The Kier molecular flexibility index (Phi) is 4.74. The number of nitrogens with zero attached hydrogens (tertiary/aromatic N) is 1. The Balaban J connectivity index is 2.18. The number of rotatable bonds is 5. The molecule has 0 radical (unpaired) electrons. The minimum absolute atomic E-state index is 0.0286. The molecule has 2 rings (SSSR count). The molecule has 1 N–H and O–H groups in total. The maximum atomic E-state index is 11.9. The lowest BCUT2D eigenvalue weighted by molar-refractivity contribution is -0.116. The lowest BCUT2D eigenvalue weighted by Crippen LogP contribution is -2.12. The first kappa shape index (κ1) is 13.8. The average molecular weight is 277 g/mol. The topological polar surface area (TPSA) is 42.0 Å². The summed E-state index contributed by atoms with van der Waals surface area (Å²) in [4.78, 5) is 16.3. The molecule has 2 aromatic rings. The highest BCUT2D eigenvalue weighted by Gasteiger charge is 2.07. The smallest absolute Gasteiger partial charge is 0.224 e. The van der Waals surface area contributed by atoms with E-state index in [2.05, 4.69) is 10.3 Å². The SMILES string of the molecule is Cc1cc(NC(=O)CCCCCl)c2ccccc2n1. The molecule has 0 spiro atoms. The largest absolute Gasteiger partial charge is 0.325 e. The van der Waals surface area contributed by atoms with Crippen molar-refractivity contribution in [1.82, 2.24) is 4.98 Å². The number of benzene rings is 1. The highest BCUT2D eigenvalue weighted by molar-refractivity contribution is 6.17. The number of anilines is 1. The molecule has 1 heterocycles. The Bertz CT molecular complexity index is 583. The van der Waals surface area contributed by atoms with Gasteiger partial charge in [-0.05, 0) is 31.9 Å². The van der Waals surface area contributed by atoms with Gasteiger partial charge >= 0.3 is 0 Å². The van der Waals surface area contributed by atoms with Gasteiger partial charge in [0.25, 0.3) is 0 Å². The van der Waals surface area contributed by atoms with Crippen LogP contribution in [0.5, 0.6) is 0 Å². The number of unbranched alkanes of at least 4 members (excludes halogenated alkanes) is 1. The number of para-hydroxylation sites is 1. The molecule has 0 bridgehead atoms. The summed E-state index contributed by atoms with van der Waals surface area (Å²) in [7, 11) is 0. The molecule has 0 saturated carbocycles. The van der Waals surface area contributed by atoms with Gasteiger partial charge in [-0.3, -0.25) is 9.78 Å². The van der Waals surface area contributed by atoms with E-state index in [1.54, 1.807) is 0 Å². The zero-order valence-corrected chi connectivity index (χ0v) is 11.7. The van der Waals surface area contributed by atoms with Crippen molar-refractivity contribution in [2.75, 3.05) is 11.2 Å². The molecule has 19 heavy (non-hydrogen) atoms. The zero-order chi connectivity index (χ0) is 13.7. The van der Waals surface area contributed by atoms with Crippen LogP contribution >= 0.6 is 11.6 Å². The first-order valence-electron chi connectivity index (χ1n) is 6.43. The fraction of sp³-hybridized carbons (Fsp3) is 0.333. The molecule has 1 aromatic heterocycles. The lowest BCUT2D eigenvalue weighted by Gasteiger charge is -2.09. The average Bonchev–Trinajstić information content (AvgIpc) is 2.39. The standard InChI is InChI=1S/C15H17ClN2O/c1-11-10-14(18-15(19)8-4-5-9-16)12-6-2-3-7-13(12)17-11/h2-3,6-7,10H,4-5,8-9H2,1H3,(H,17,18,19). The second-order valence-corrected chi connectivity index (χ2v) is 4.90. The number of pyridine rings is 1. The third-order valence-corrected chi connectivity index (χ3v) is 3.17. The van der Waals surface area contributed by atoms with Crippen molar-refractivity contribution in [3.8, 4) is 0 Å². The second-order valence-electron chi connectivity index (χ2n) is 4.52. The number of carbonyl (C=O) groups excluding carboxylic acids is 1. The number of aromatic nitrogens is 1. The van der Waals surface area contributed by atoms with Crippen LogP contribution in [0.25, 0.3) is 10.9 Å². The molecular weight excluding hydrogens is 260 g/mol. The summed E-state index contributed by atoms with van der Waals surface area (Å²) in [6.07, 6.45) is 2.19. The van der Waals surface area contributed by atoms with E-state index in [0.717, 1.165) is 35.1 Å². The Morgan fingerprint density at radius 2 is 2.11 bits per heavy atom. The summed E-state index contributed by atoms with van der Waals surface area (Å²) in [5.74, 6) is 0.630. The molecule has 0 aliphatic carbocycles. The van der Waals surface area contributed by atoms with Crippen LogP contribution in [0.1, 0.15) is 25.0 Å². The van der Waals surface area contributed by atoms with Crippen LogP contribution in [0, 0.1) is 6.92 Å². The van der Waals surface area contributed by atoms with Crippen LogP contribution < -0.4 is 5.32 Å². The van der Waals surface area contributed by atoms with Crippen LogP contribution in [0.4, 0.5) is 5.69 Å². The lowest BCUT2D eigenvalue weighted by atomic mass is 10.1. The molecule has 0 saturated heterocycles. The number of amides is 1. The minimum atomic E-state index is 0.0286. The van der Waals surface area contributed by atoms with E-state index in [0.29, 0.717) is 12.3 Å². The van der Waals surface area contributed by atoms with Crippen molar-refractivity contribution in [1.29, 1.82) is 0 Å². The molecule has 100 valence electrons. The van der Waals surface area contributed by atoms with E-state index >= 15 is 0 Å². The second kappa shape index (κ2) is 6.53. The third kappa shape index (κ3) is 3.67. The van der Waals surface area contributed by atoms with E-state index in [-0.39, 0.29) is 5.91 Å². The van der Waals surface area contributed by atoms with Gasteiger partial charge in [0.2, 0.25) is 5.91 Å². The molecule has 3 nitrogen and oxygen atoms in total. The van der Waals surface area contributed by atoms with Crippen LogP contribution in [0.2, 0.25) is 0 Å². The predicted octanol–water partition coefficient (Wildman–Crippen LogP) is 3.89. The van der Waals surface area contributed by atoms with Gasteiger partial charge in [0.15, 0.2) is 0 Å². The molecular formula is C15H17ClN2O. The number of alkyl halides is 1. The number of fused-ring (bicyclic) bond motifs is 1. The van der Waals surface area contributed by atoms with Crippen LogP contribution in [-0.2, 0) is 4.79 Å². The van der Waals surface area contributed by atoms with Gasteiger partial charge in [0.05, 0.1) is 11.2 Å². The maximum Gasteiger partial charge on any atom is 0.224 e. The first-order valence-corrected chi connectivity index (χ1v) is 6.96. The van der Waals surface area contributed by atoms with E-state index in [4.69, 9.17) is 11.6 Å². The van der Waals surface area contributed by atoms with Crippen molar-refractivity contribution in [3.05, 3.63) is 36.0 Å².